The van der Waals surface area contributed by atoms with Gasteiger partial charge in [0.1, 0.15) is 0 Å². The van der Waals surface area contributed by atoms with Gasteiger partial charge in [0, 0.05) is 15.5 Å². The topological polar surface area (TPSA) is 12.0 Å². The maximum Gasteiger partial charge on any atom is 0.0449 e. The van der Waals surface area contributed by atoms with Crippen LogP contribution in [0, 0.1) is 11.8 Å². The lowest BCUT2D eigenvalue weighted by atomic mass is 9.90. The number of nitrogens with one attached hydrogen (secondary N) is 1. The number of hydrogen-bond donors (Lipinski definition) is 1. The zero-order valence-electron chi connectivity index (χ0n) is 13.2. The van der Waals surface area contributed by atoms with Gasteiger partial charge in [-0.25, -0.2) is 0 Å². The first-order valence-corrected chi connectivity index (χ1v) is 9.48. The molecule has 0 bridgehead atoms. The van der Waals surface area contributed by atoms with Crippen molar-refractivity contribution in [3.05, 3.63) is 33.3 Å². The molecule has 21 heavy (non-hydrogen) atoms. The molecule has 0 amide bonds. The fourth-order valence-electron chi connectivity index (χ4n) is 3.51. The summed E-state index contributed by atoms with van der Waals surface area (Å²) in [6, 6.07) is 6.85. The first-order valence-electron chi connectivity index (χ1n) is 8.31. The van der Waals surface area contributed by atoms with Gasteiger partial charge in [-0.15, -0.1) is 0 Å². The zero-order valence-corrected chi connectivity index (χ0v) is 15.5. The van der Waals surface area contributed by atoms with Gasteiger partial charge in [-0.2, -0.15) is 0 Å². The van der Waals surface area contributed by atoms with Crippen LogP contribution in [0.2, 0.25) is 5.02 Å². The van der Waals surface area contributed by atoms with Crippen LogP contribution in [0.1, 0.15) is 51.5 Å². The van der Waals surface area contributed by atoms with E-state index in [1.807, 2.05) is 6.07 Å². The van der Waals surface area contributed by atoms with Crippen molar-refractivity contribution in [2.24, 2.45) is 11.8 Å². The van der Waals surface area contributed by atoms with E-state index >= 15 is 0 Å². The average molecular weight is 373 g/mol. The molecule has 0 radical (unpaired) electrons. The third-order valence-corrected chi connectivity index (χ3v) is 5.68. The third kappa shape index (κ3) is 4.97. The molecule has 0 aromatic heterocycles. The molecular weight excluding hydrogens is 346 g/mol. The van der Waals surface area contributed by atoms with Crippen molar-refractivity contribution >= 4 is 27.5 Å². The molecule has 1 aliphatic carbocycles. The quantitative estimate of drug-likeness (QED) is 0.634. The van der Waals surface area contributed by atoms with E-state index in [9.17, 15) is 0 Å². The van der Waals surface area contributed by atoms with Gasteiger partial charge >= 0.3 is 0 Å². The van der Waals surface area contributed by atoms with E-state index in [1.165, 1.54) is 37.7 Å². The van der Waals surface area contributed by atoms with Crippen LogP contribution in [-0.4, -0.2) is 12.6 Å². The lowest BCUT2D eigenvalue weighted by Crippen LogP contribution is -2.37. The minimum Gasteiger partial charge on any atom is -0.313 e. The van der Waals surface area contributed by atoms with Crippen molar-refractivity contribution in [2.45, 2.75) is 58.4 Å². The Bertz CT molecular complexity index is 449. The Balaban J connectivity index is 2.05. The molecular formula is C18H27BrClN. The Morgan fingerprint density at radius 1 is 1.33 bits per heavy atom. The number of benzene rings is 1. The second-order valence-corrected chi connectivity index (χ2v) is 7.67. The highest BCUT2D eigenvalue weighted by molar-refractivity contribution is 9.10. The molecule has 3 heteroatoms. The molecule has 0 saturated heterocycles. The highest BCUT2D eigenvalue weighted by Gasteiger charge is 2.30. The first-order chi connectivity index (χ1) is 10.1. The monoisotopic (exact) mass is 371 g/mol. The molecule has 118 valence electrons. The van der Waals surface area contributed by atoms with Gasteiger partial charge < -0.3 is 5.32 Å². The summed E-state index contributed by atoms with van der Waals surface area (Å²) in [5.41, 5.74) is 1.27. The molecule has 0 aliphatic heterocycles. The van der Waals surface area contributed by atoms with E-state index in [4.69, 9.17) is 11.6 Å². The van der Waals surface area contributed by atoms with Crippen molar-refractivity contribution in [2.75, 3.05) is 6.54 Å². The van der Waals surface area contributed by atoms with Crippen LogP contribution in [0.25, 0.3) is 0 Å². The molecule has 1 aromatic rings. The summed E-state index contributed by atoms with van der Waals surface area (Å²) in [5.74, 6) is 1.74. The standard InChI is InChI=1S/C18H27BrClN/c1-3-9-21-18(15-6-5-13(4-2)10-15)11-14-7-8-16(19)12-17(14)20/h7-8,12-13,15,18,21H,3-6,9-11H2,1-2H3. The molecule has 1 aliphatic rings. The molecule has 1 saturated carbocycles. The summed E-state index contributed by atoms with van der Waals surface area (Å²) in [6.07, 6.45) is 7.72. The van der Waals surface area contributed by atoms with Gasteiger partial charge in [0.05, 0.1) is 0 Å². The maximum atomic E-state index is 6.41. The summed E-state index contributed by atoms with van der Waals surface area (Å²) in [6.45, 7) is 5.67. The van der Waals surface area contributed by atoms with Crippen LogP contribution >= 0.6 is 27.5 Å². The second-order valence-electron chi connectivity index (χ2n) is 6.35. The Morgan fingerprint density at radius 2 is 2.14 bits per heavy atom. The van der Waals surface area contributed by atoms with E-state index in [2.05, 4.69) is 47.2 Å². The van der Waals surface area contributed by atoms with Crippen LogP contribution in [0.15, 0.2) is 22.7 Å². The number of halogens is 2. The molecule has 2 rings (SSSR count). The smallest absolute Gasteiger partial charge is 0.0449 e. The molecule has 0 heterocycles. The van der Waals surface area contributed by atoms with E-state index in [1.54, 1.807) is 0 Å². The highest BCUT2D eigenvalue weighted by Crippen LogP contribution is 2.36. The van der Waals surface area contributed by atoms with Gasteiger partial charge in [-0.3, -0.25) is 0 Å². The van der Waals surface area contributed by atoms with Gasteiger partial charge in [-0.1, -0.05) is 60.3 Å². The van der Waals surface area contributed by atoms with Crippen molar-refractivity contribution in [1.29, 1.82) is 0 Å². The van der Waals surface area contributed by atoms with E-state index in [0.717, 1.165) is 34.3 Å². The zero-order chi connectivity index (χ0) is 15.2. The molecule has 0 spiro atoms. The molecule has 1 N–H and O–H groups in total. The maximum absolute atomic E-state index is 6.41. The van der Waals surface area contributed by atoms with Crippen LogP contribution in [0.4, 0.5) is 0 Å². The normalized spacial score (nSPS) is 23.4. The van der Waals surface area contributed by atoms with Crippen molar-refractivity contribution in [3.8, 4) is 0 Å². The minimum atomic E-state index is 0.570. The predicted octanol–water partition coefficient (Wildman–Crippen LogP) is 5.84. The Kier molecular flexibility index (Phi) is 7.04. The first kappa shape index (κ1) is 17.3. The third-order valence-electron chi connectivity index (χ3n) is 4.84. The van der Waals surface area contributed by atoms with Crippen LogP contribution in [0.3, 0.4) is 0 Å². The Hall–Kier alpha value is -0.0500. The van der Waals surface area contributed by atoms with Gasteiger partial charge in [0.2, 0.25) is 0 Å². The average Bonchev–Trinajstić information content (AvgIpc) is 2.94. The predicted molar refractivity (Wildman–Crippen MR) is 96.1 cm³/mol. The molecule has 1 aromatic carbocycles. The fourth-order valence-corrected chi connectivity index (χ4v) is 4.26. The van der Waals surface area contributed by atoms with Crippen molar-refractivity contribution in [1.82, 2.24) is 5.32 Å². The van der Waals surface area contributed by atoms with E-state index in [-0.39, 0.29) is 0 Å². The largest absolute Gasteiger partial charge is 0.313 e. The summed E-state index contributed by atoms with van der Waals surface area (Å²) in [7, 11) is 0. The van der Waals surface area contributed by atoms with E-state index < -0.39 is 0 Å². The molecule has 1 nitrogen and oxygen atoms in total. The Morgan fingerprint density at radius 3 is 2.76 bits per heavy atom. The number of rotatable bonds is 7. The van der Waals surface area contributed by atoms with Crippen LogP contribution in [0.5, 0.6) is 0 Å². The lowest BCUT2D eigenvalue weighted by Gasteiger charge is -2.26. The Labute approximate surface area is 143 Å². The van der Waals surface area contributed by atoms with E-state index in [0.29, 0.717) is 6.04 Å². The van der Waals surface area contributed by atoms with Crippen molar-refractivity contribution < 1.29 is 0 Å². The number of hydrogen-bond acceptors (Lipinski definition) is 1. The SMILES string of the molecule is CCCNC(Cc1ccc(Br)cc1Cl)C1CCC(CC)C1. The van der Waals surface area contributed by atoms with Gasteiger partial charge in [0.25, 0.3) is 0 Å². The molecule has 3 atom stereocenters. The van der Waals surface area contributed by atoms with Gasteiger partial charge in [0.15, 0.2) is 0 Å². The summed E-state index contributed by atoms with van der Waals surface area (Å²) < 4.78 is 1.06. The highest BCUT2D eigenvalue weighted by atomic mass is 79.9. The minimum absolute atomic E-state index is 0.570. The summed E-state index contributed by atoms with van der Waals surface area (Å²) in [5, 5.41) is 4.66. The molecule has 1 fully saturated rings. The fraction of sp³-hybridized carbons (Fsp3) is 0.667. The van der Waals surface area contributed by atoms with Crippen LogP contribution < -0.4 is 5.32 Å². The van der Waals surface area contributed by atoms with Gasteiger partial charge in [-0.05, 0) is 61.8 Å². The lowest BCUT2D eigenvalue weighted by molar-refractivity contribution is 0.344. The molecule has 3 unspecified atom stereocenters. The summed E-state index contributed by atoms with van der Waals surface area (Å²) in [4.78, 5) is 0. The van der Waals surface area contributed by atoms with Crippen LogP contribution in [-0.2, 0) is 6.42 Å². The van der Waals surface area contributed by atoms with Crippen molar-refractivity contribution in [3.63, 3.8) is 0 Å². The summed E-state index contributed by atoms with van der Waals surface area (Å²) >= 11 is 9.90. The second kappa shape index (κ2) is 8.55.